The maximum atomic E-state index is 11.0. The molecule has 2 aromatic carbocycles. The van der Waals surface area contributed by atoms with Gasteiger partial charge in [0.25, 0.3) is 0 Å². The van der Waals surface area contributed by atoms with Gasteiger partial charge in [-0.15, -0.1) is 11.3 Å². The van der Waals surface area contributed by atoms with E-state index in [1.807, 2.05) is 36.6 Å². The number of phenols is 1. The van der Waals surface area contributed by atoms with Crippen LogP contribution in [0.3, 0.4) is 0 Å². The Morgan fingerprint density at radius 1 is 1.36 bits per heavy atom. The van der Waals surface area contributed by atoms with Crippen LogP contribution in [0.2, 0.25) is 0 Å². The molecule has 7 nitrogen and oxygen atoms in total. The largest absolute Gasteiger partial charge is 0.502 e. The van der Waals surface area contributed by atoms with E-state index in [4.69, 9.17) is 4.74 Å². The molecule has 0 aliphatic rings. The van der Waals surface area contributed by atoms with Gasteiger partial charge in [0, 0.05) is 17.0 Å². The van der Waals surface area contributed by atoms with Crippen molar-refractivity contribution in [3.8, 4) is 28.8 Å². The lowest BCUT2D eigenvalue weighted by Gasteiger charge is -2.03. The number of aromatic nitrogens is 1. The van der Waals surface area contributed by atoms with Crippen molar-refractivity contribution in [2.45, 2.75) is 6.92 Å². The van der Waals surface area contributed by atoms with Crippen molar-refractivity contribution < 1.29 is 14.8 Å². The van der Waals surface area contributed by atoms with Crippen molar-refractivity contribution in [1.82, 2.24) is 4.98 Å². The Hall–Kier alpha value is -3.70. The molecule has 0 aliphatic heterocycles. The first-order valence-corrected chi connectivity index (χ1v) is 9.18. The first-order chi connectivity index (χ1) is 13.5. The Bertz CT molecular complexity index is 1080. The minimum absolute atomic E-state index is 0.280. The molecule has 1 heterocycles. The van der Waals surface area contributed by atoms with Crippen LogP contribution in [0.15, 0.2) is 47.8 Å². The number of benzene rings is 2. The molecule has 0 atom stereocenters. The molecular formula is C20H15N3O4S. The third-order valence-corrected chi connectivity index (χ3v) is 4.70. The van der Waals surface area contributed by atoms with Crippen molar-refractivity contribution in [2.24, 2.45) is 0 Å². The van der Waals surface area contributed by atoms with E-state index in [1.165, 1.54) is 35.6 Å². The highest BCUT2D eigenvalue weighted by Crippen LogP contribution is 2.31. The molecule has 3 aromatic rings. The second-order valence-electron chi connectivity index (χ2n) is 5.67. The number of phenolic OH excluding ortho intramolecular Hbond substituents is 1. The maximum Gasteiger partial charge on any atom is 0.311 e. The first-order valence-electron chi connectivity index (χ1n) is 8.30. The van der Waals surface area contributed by atoms with Gasteiger partial charge in [-0.3, -0.25) is 10.1 Å². The number of nitrogens with zero attached hydrogens (tertiary/aromatic N) is 3. The predicted octanol–water partition coefficient (Wildman–Crippen LogP) is 4.89. The smallest absolute Gasteiger partial charge is 0.311 e. The quantitative estimate of drug-likeness (QED) is 0.363. The number of allylic oxidation sites excluding steroid dienone is 1. The summed E-state index contributed by atoms with van der Waals surface area (Å²) in [7, 11) is 0. The van der Waals surface area contributed by atoms with Gasteiger partial charge in [-0.25, -0.2) is 4.98 Å². The molecule has 0 saturated carbocycles. The molecule has 0 bridgehead atoms. The molecule has 0 radical (unpaired) electrons. The monoisotopic (exact) mass is 393 g/mol. The fraction of sp³-hybridized carbons (Fsp3) is 0.100. The standard InChI is InChI=1S/C20H15N3O4S/c1-2-27-16-6-4-14(5-7-16)17-12-28-20(22-17)15(11-21)9-13-3-8-19(24)18(10-13)23(25)26/h3-10,12,24H,2H2,1H3/b15-9+. The lowest BCUT2D eigenvalue weighted by atomic mass is 10.1. The summed E-state index contributed by atoms with van der Waals surface area (Å²) in [5.41, 5.74) is 1.91. The van der Waals surface area contributed by atoms with Gasteiger partial charge in [0.05, 0.1) is 22.8 Å². The minimum atomic E-state index is -0.674. The average Bonchev–Trinajstić information content (AvgIpc) is 3.18. The minimum Gasteiger partial charge on any atom is -0.502 e. The Labute approximate surface area is 164 Å². The number of ether oxygens (including phenoxy) is 1. The van der Waals surface area contributed by atoms with Crippen LogP contribution in [-0.4, -0.2) is 21.6 Å². The van der Waals surface area contributed by atoms with E-state index < -0.39 is 16.4 Å². The highest BCUT2D eigenvalue weighted by Gasteiger charge is 2.14. The highest BCUT2D eigenvalue weighted by atomic mass is 32.1. The van der Waals surface area contributed by atoms with E-state index in [0.29, 0.717) is 17.2 Å². The van der Waals surface area contributed by atoms with Gasteiger partial charge in [0.15, 0.2) is 5.75 Å². The second-order valence-corrected chi connectivity index (χ2v) is 6.53. The lowest BCUT2D eigenvalue weighted by Crippen LogP contribution is -1.90. The van der Waals surface area contributed by atoms with Crippen molar-refractivity contribution in [1.29, 1.82) is 5.26 Å². The van der Waals surface area contributed by atoms with Crippen LogP contribution in [0, 0.1) is 21.4 Å². The predicted molar refractivity (Wildman–Crippen MR) is 107 cm³/mol. The summed E-state index contributed by atoms with van der Waals surface area (Å²) < 4.78 is 5.42. The van der Waals surface area contributed by atoms with Crippen molar-refractivity contribution in [3.63, 3.8) is 0 Å². The molecule has 3 rings (SSSR count). The fourth-order valence-electron chi connectivity index (χ4n) is 2.50. The van der Waals surface area contributed by atoms with Crippen LogP contribution in [0.25, 0.3) is 22.9 Å². The summed E-state index contributed by atoms with van der Waals surface area (Å²) in [4.78, 5) is 14.8. The van der Waals surface area contributed by atoms with Crippen LogP contribution < -0.4 is 4.74 Å². The van der Waals surface area contributed by atoms with Gasteiger partial charge in [-0.2, -0.15) is 5.26 Å². The molecule has 140 valence electrons. The highest BCUT2D eigenvalue weighted by molar-refractivity contribution is 7.11. The number of nitro benzene ring substituents is 1. The Balaban J connectivity index is 1.90. The molecule has 28 heavy (non-hydrogen) atoms. The summed E-state index contributed by atoms with van der Waals surface area (Å²) in [6, 6.07) is 13.5. The van der Waals surface area contributed by atoms with E-state index in [0.717, 1.165) is 17.0 Å². The SMILES string of the molecule is CCOc1ccc(-c2csc(/C(C#N)=C/c3ccc(O)c([N+](=O)[O-])c3)n2)cc1. The fourth-order valence-corrected chi connectivity index (χ4v) is 3.30. The average molecular weight is 393 g/mol. The van der Waals surface area contributed by atoms with Crippen molar-refractivity contribution in [2.75, 3.05) is 6.61 Å². The van der Waals surface area contributed by atoms with Crippen LogP contribution in [0.1, 0.15) is 17.5 Å². The summed E-state index contributed by atoms with van der Waals surface area (Å²) in [6.07, 6.45) is 1.51. The lowest BCUT2D eigenvalue weighted by molar-refractivity contribution is -0.385. The topological polar surface area (TPSA) is 109 Å². The van der Waals surface area contributed by atoms with Gasteiger partial charge in [0.1, 0.15) is 16.8 Å². The normalized spacial score (nSPS) is 11.1. The van der Waals surface area contributed by atoms with Crippen molar-refractivity contribution >= 4 is 28.7 Å². The molecule has 0 amide bonds. The number of rotatable bonds is 6. The number of nitro groups is 1. The van der Waals surface area contributed by atoms with E-state index in [9.17, 15) is 20.5 Å². The third-order valence-electron chi connectivity index (χ3n) is 3.82. The van der Waals surface area contributed by atoms with Crippen LogP contribution in [0.4, 0.5) is 5.69 Å². The number of aromatic hydroxyl groups is 1. The molecule has 0 saturated heterocycles. The number of hydrogen-bond donors (Lipinski definition) is 1. The van der Waals surface area contributed by atoms with Gasteiger partial charge in [0.2, 0.25) is 0 Å². The van der Waals surface area contributed by atoms with Gasteiger partial charge in [-0.1, -0.05) is 6.07 Å². The zero-order valence-electron chi connectivity index (χ0n) is 14.8. The summed E-state index contributed by atoms with van der Waals surface area (Å²) in [5, 5.41) is 32.4. The van der Waals surface area contributed by atoms with E-state index in [1.54, 1.807) is 0 Å². The number of hydrogen-bond acceptors (Lipinski definition) is 7. The van der Waals surface area contributed by atoms with Crippen LogP contribution in [0.5, 0.6) is 11.5 Å². The zero-order valence-corrected chi connectivity index (χ0v) is 15.6. The number of thiazole rings is 1. The van der Waals surface area contributed by atoms with Crippen LogP contribution >= 0.6 is 11.3 Å². The van der Waals surface area contributed by atoms with Crippen molar-refractivity contribution in [3.05, 3.63) is 68.5 Å². The third kappa shape index (κ3) is 4.16. The zero-order chi connectivity index (χ0) is 20.1. The Morgan fingerprint density at radius 3 is 2.75 bits per heavy atom. The van der Waals surface area contributed by atoms with Gasteiger partial charge in [-0.05, 0) is 48.9 Å². The Morgan fingerprint density at radius 2 is 2.11 bits per heavy atom. The number of nitriles is 1. The summed E-state index contributed by atoms with van der Waals surface area (Å²) in [6.45, 7) is 2.50. The second kappa shape index (κ2) is 8.33. The van der Waals surface area contributed by atoms with Gasteiger partial charge >= 0.3 is 5.69 Å². The molecule has 0 aliphatic carbocycles. The van der Waals surface area contributed by atoms with E-state index >= 15 is 0 Å². The van der Waals surface area contributed by atoms with E-state index in [2.05, 4.69) is 11.1 Å². The molecule has 0 unspecified atom stereocenters. The molecule has 8 heteroatoms. The molecule has 0 fully saturated rings. The molecule has 1 aromatic heterocycles. The summed E-state index contributed by atoms with van der Waals surface area (Å²) >= 11 is 1.31. The van der Waals surface area contributed by atoms with E-state index in [-0.39, 0.29) is 5.57 Å². The molecule has 0 spiro atoms. The first kappa shape index (κ1) is 19.1. The molecule has 1 N–H and O–H groups in total. The molecular weight excluding hydrogens is 378 g/mol. The Kier molecular flexibility index (Phi) is 5.67. The summed E-state index contributed by atoms with van der Waals surface area (Å²) in [5.74, 6) is 0.348. The maximum absolute atomic E-state index is 11.0. The van der Waals surface area contributed by atoms with Crippen LogP contribution in [-0.2, 0) is 0 Å². The van der Waals surface area contributed by atoms with Gasteiger partial charge < -0.3 is 9.84 Å².